The van der Waals surface area contributed by atoms with E-state index >= 15 is 0 Å². The van der Waals surface area contributed by atoms with Gasteiger partial charge in [-0.3, -0.25) is 9.78 Å². The molecule has 3 aromatic heterocycles. The van der Waals surface area contributed by atoms with Crippen molar-refractivity contribution in [2.24, 2.45) is 0 Å². The molecule has 1 aliphatic heterocycles. The molecule has 0 saturated heterocycles. The maximum Gasteiger partial charge on any atom is 0.278 e. The maximum absolute atomic E-state index is 13.4. The number of hydrogen-bond acceptors (Lipinski definition) is 6. The molecule has 1 spiro atoms. The summed E-state index contributed by atoms with van der Waals surface area (Å²) in [6.07, 6.45) is 8.91. The van der Waals surface area contributed by atoms with Crippen LogP contribution < -0.4 is 16.2 Å². The largest absolute Gasteiger partial charge is 0.324 e. The number of benzene rings is 1. The molecule has 3 aliphatic rings. The third-order valence-electron chi connectivity index (χ3n) is 7.76. The Labute approximate surface area is 209 Å². The van der Waals surface area contributed by atoms with E-state index in [-0.39, 0.29) is 22.6 Å². The number of hydrogen-bond donors (Lipinski definition) is 2. The van der Waals surface area contributed by atoms with Crippen LogP contribution in [-0.4, -0.2) is 30.9 Å². The quantitative estimate of drug-likeness (QED) is 0.447. The molecule has 4 aromatic rings. The van der Waals surface area contributed by atoms with Gasteiger partial charge in [0.1, 0.15) is 5.39 Å². The fourth-order valence-electron chi connectivity index (χ4n) is 5.47. The maximum atomic E-state index is 13.4. The molecule has 0 radical (unpaired) electrons. The standard InChI is InChI=1S/C28H31N7O/c1-27(2,3)23-15-20(9-12-29-23)34-24-21(25(36)35(34)19-6-7-19)16-30-26(33-24)32-18-5-4-17-8-13-31-28(10-11-28)22(17)14-18/h4-5,9,12,14-16,19,31H,6-8,10-11,13H2,1-3H3,(H,30,32,33). The van der Waals surface area contributed by atoms with Gasteiger partial charge in [-0.05, 0) is 67.5 Å². The lowest BCUT2D eigenvalue weighted by molar-refractivity contribution is 0.490. The fourth-order valence-corrected chi connectivity index (χ4v) is 5.47. The molecule has 0 atom stereocenters. The molecule has 0 amide bonds. The highest BCUT2D eigenvalue weighted by Gasteiger charge is 2.46. The summed E-state index contributed by atoms with van der Waals surface area (Å²) in [7, 11) is 0. The number of anilines is 2. The molecule has 2 N–H and O–H groups in total. The third-order valence-corrected chi connectivity index (χ3v) is 7.76. The lowest BCUT2D eigenvalue weighted by Crippen LogP contribution is -2.36. The zero-order valence-corrected chi connectivity index (χ0v) is 21.0. The van der Waals surface area contributed by atoms with E-state index in [9.17, 15) is 4.79 Å². The van der Waals surface area contributed by atoms with Gasteiger partial charge in [-0.1, -0.05) is 26.8 Å². The molecule has 1 aromatic carbocycles. The first kappa shape index (κ1) is 21.7. The van der Waals surface area contributed by atoms with Gasteiger partial charge in [0.2, 0.25) is 5.95 Å². The van der Waals surface area contributed by atoms with Crippen LogP contribution in [0.1, 0.15) is 69.3 Å². The summed E-state index contributed by atoms with van der Waals surface area (Å²) in [6.45, 7) is 7.47. The van der Waals surface area contributed by atoms with E-state index in [1.54, 1.807) is 6.20 Å². The fraction of sp³-hybridized carbons (Fsp3) is 0.429. The molecule has 7 rings (SSSR count). The SMILES string of the molecule is CC(C)(C)c1cc(-n2c3nc(Nc4ccc5c(c4)C4(CC4)NCC5)ncc3c(=O)n2C2CC2)ccn1. The van der Waals surface area contributed by atoms with Gasteiger partial charge < -0.3 is 10.6 Å². The Kier molecular flexibility index (Phi) is 4.52. The van der Waals surface area contributed by atoms with Crippen LogP contribution in [0.15, 0.2) is 47.5 Å². The molecule has 8 nitrogen and oxygen atoms in total. The molecule has 184 valence electrons. The normalized spacial score (nSPS) is 18.4. The second-order valence-electron chi connectivity index (χ2n) is 11.5. The Balaban J connectivity index is 1.33. The Morgan fingerprint density at radius 2 is 1.94 bits per heavy atom. The van der Waals surface area contributed by atoms with Crippen LogP contribution >= 0.6 is 0 Å². The van der Waals surface area contributed by atoms with Crippen LogP contribution in [0.25, 0.3) is 16.7 Å². The first-order valence-corrected chi connectivity index (χ1v) is 13.0. The van der Waals surface area contributed by atoms with E-state index < -0.39 is 0 Å². The van der Waals surface area contributed by atoms with Crippen molar-refractivity contribution in [2.75, 3.05) is 11.9 Å². The smallest absolute Gasteiger partial charge is 0.278 e. The zero-order chi connectivity index (χ0) is 24.7. The Morgan fingerprint density at radius 3 is 2.69 bits per heavy atom. The molecule has 0 bridgehead atoms. The molecular weight excluding hydrogens is 450 g/mol. The molecule has 36 heavy (non-hydrogen) atoms. The molecule has 4 heterocycles. The van der Waals surface area contributed by atoms with Crippen LogP contribution in [0.3, 0.4) is 0 Å². The lowest BCUT2D eigenvalue weighted by Gasteiger charge is -2.27. The summed E-state index contributed by atoms with van der Waals surface area (Å²) < 4.78 is 3.82. The van der Waals surface area contributed by atoms with E-state index in [0.717, 1.165) is 42.9 Å². The number of fused-ring (bicyclic) bond motifs is 3. The Hall–Kier alpha value is -3.52. The highest BCUT2D eigenvalue weighted by Crippen LogP contribution is 2.49. The van der Waals surface area contributed by atoms with Crippen molar-refractivity contribution < 1.29 is 0 Å². The van der Waals surface area contributed by atoms with E-state index in [0.29, 0.717) is 17.0 Å². The summed E-state index contributed by atoms with van der Waals surface area (Å²) in [6, 6.07) is 10.8. The van der Waals surface area contributed by atoms with Gasteiger partial charge in [0.05, 0.1) is 11.7 Å². The minimum atomic E-state index is -0.106. The summed E-state index contributed by atoms with van der Waals surface area (Å²) in [5, 5.41) is 7.65. The summed E-state index contributed by atoms with van der Waals surface area (Å²) in [5.74, 6) is 0.489. The average molecular weight is 482 g/mol. The molecule has 8 heteroatoms. The minimum absolute atomic E-state index is 0.0382. The zero-order valence-electron chi connectivity index (χ0n) is 21.0. The summed E-state index contributed by atoms with van der Waals surface area (Å²) in [5.41, 5.74) is 6.29. The van der Waals surface area contributed by atoms with Crippen molar-refractivity contribution in [2.45, 2.75) is 69.9 Å². The van der Waals surface area contributed by atoms with Crippen LogP contribution in [0, 0.1) is 0 Å². The van der Waals surface area contributed by atoms with Gasteiger partial charge in [0, 0.05) is 41.3 Å². The second-order valence-corrected chi connectivity index (χ2v) is 11.5. The van der Waals surface area contributed by atoms with Gasteiger partial charge in [-0.25, -0.2) is 14.3 Å². The van der Waals surface area contributed by atoms with E-state index in [1.807, 2.05) is 21.6 Å². The van der Waals surface area contributed by atoms with Crippen LogP contribution in [0.2, 0.25) is 0 Å². The first-order chi connectivity index (χ1) is 17.3. The first-order valence-electron chi connectivity index (χ1n) is 13.0. The number of pyridine rings is 1. The van der Waals surface area contributed by atoms with E-state index in [1.165, 1.54) is 24.0 Å². The minimum Gasteiger partial charge on any atom is -0.324 e. The molecule has 0 unspecified atom stereocenters. The number of aromatic nitrogens is 5. The predicted octanol–water partition coefficient (Wildman–Crippen LogP) is 4.49. The van der Waals surface area contributed by atoms with Gasteiger partial charge in [0.25, 0.3) is 5.56 Å². The van der Waals surface area contributed by atoms with Gasteiger partial charge in [0.15, 0.2) is 5.65 Å². The molecule has 2 aliphatic carbocycles. The van der Waals surface area contributed by atoms with Gasteiger partial charge >= 0.3 is 0 Å². The summed E-state index contributed by atoms with van der Waals surface area (Å²) >= 11 is 0. The topological polar surface area (TPSA) is 89.7 Å². The highest BCUT2D eigenvalue weighted by molar-refractivity contribution is 5.77. The predicted molar refractivity (Wildman–Crippen MR) is 140 cm³/mol. The molecule has 2 fully saturated rings. The van der Waals surface area contributed by atoms with Gasteiger partial charge in [-0.15, -0.1) is 0 Å². The van der Waals surface area contributed by atoms with Crippen LogP contribution in [0.5, 0.6) is 0 Å². The van der Waals surface area contributed by atoms with Crippen molar-refractivity contribution in [3.8, 4) is 5.69 Å². The van der Waals surface area contributed by atoms with Crippen LogP contribution in [0.4, 0.5) is 11.6 Å². The van der Waals surface area contributed by atoms with Crippen molar-refractivity contribution in [3.63, 3.8) is 0 Å². The van der Waals surface area contributed by atoms with Gasteiger partial charge in [-0.2, -0.15) is 4.98 Å². The number of nitrogens with zero attached hydrogens (tertiary/aromatic N) is 5. The van der Waals surface area contributed by atoms with Crippen molar-refractivity contribution >= 4 is 22.7 Å². The number of rotatable bonds is 4. The number of nitrogens with one attached hydrogen (secondary N) is 2. The molecular formula is C28H31N7O. The monoisotopic (exact) mass is 481 g/mol. The highest BCUT2D eigenvalue weighted by atomic mass is 16.1. The molecule has 2 saturated carbocycles. The van der Waals surface area contributed by atoms with E-state index in [4.69, 9.17) is 4.98 Å². The van der Waals surface area contributed by atoms with Crippen LogP contribution in [-0.2, 0) is 17.4 Å². The lowest BCUT2D eigenvalue weighted by atomic mass is 9.91. The Morgan fingerprint density at radius 1 is 1.11 bits per heavy atom. The van der Waals surface area contributed by atoms with Crippen molar-refractivity contribution in [1.29, 1.82) is 0 Å². The average Bonchev–Trinajstić information content (AvgIpc) is 3.79. The Bertz CT molecular complexity index is 1570. The third kappa shape index (κ3) is 3.46. The van der Waals surface area contributed by atoms with Crippen molar-refractivity contribution in [3.05, 3.63) is 69.9 Å². The van der Waals surface area contributed by atoms with E-state index in [2.05, 4.69) is 65.6 Å². The summed E-state index contributed by atoms with van der Waals surface area (Å²) in [4.78, 5) is 27.4. The van der Waals surface area contributed by atoms with Crippen molar-refractivity contribution in [1.82, 2.24) is 29.6 Å². The second kappa shape index (κ2) is 7.49.